The van der Waals surface area contributed by atoms with Gasteiger partial charge in [-0.15, -0.1) is 0 Å². The summed E-state index contributed by atoms with van der Waals surface area (Å²) in [5.41, 5.74) is 3.96. The molecule has 2 saturated carbocycles. The van der Waals surface area contributed by atoms with Crippen LogP contribution in [-0.2, 0) is 19.2 Å². The Hall–Kier alpha value is -1.91. The highest BCUT2D eigenvalue weighted by Gasteiger charge is 2.57. The van der Waals surface area contributed by atoms with Crippen LogP contribution >= 0.6 is 0 Å². The Bertz CT molecular complexity index is 840. The van der Waals surface area contributed by atoms with Gasteiger partial charge < -0.3 is 9.57 Å². The van der Waals surface area contributed by atoms with Gasteiger partial charge in [-0.3, -0.25) is 4.79 Å². The van der Waals surface area contributed by atoms with Crippen molar-refractivity contribution in [2.45, 2.75) is 85.7 Å². The number of esters is 1. The summed E-state index contributed by atoms with van der Waals surface area (Å²) in [4.78, 5) is 27.5. The van der Waals surface area contributed by atoms with Gasteiger partial charge in [0.05, 0.1) is 5.71 Å². The average molecular weight is 414 g/mol. The number of carbonyl (C=O) groups is 2. The fourth-order valence-electron chi connectivity index (χ4n) is 7.27. The summed E-state index contributed by atoms with van der Waals surface area (Å²) in [6.45, 7) is 9.71. The zero-order valence-electron chi connectivity index (χ0n) is 19.0. The summed E-state index contributed by atoms with van der Waals surface area (Å²) >= 11 is 0. The first-order valence-electron chi connectivity index (χ1n) is 11.4. The van der Waals surface area contributed by atoms with Crippen LogP contribution in [0.3, 0.4) is 0 Å². The van der Waals surface area contributed by atoms with E-state index in [1.807, 2.05) is 6.92 Å². The molecule has 4 aliphatic carbocycles. The maximum absolute atomic E-state index is 11.4. The maximum atomic E-state index is 11.4. The molecule has 0 spiro atoms. The second-order valence-corrected chi connectivity index (χ2v) is 10.3. The second-order valence-electron chi connectivity index (χ2n) is 10.3. The number of oxime groups is 1. The largest absolute Gasteiger partial charge is 0.462 e. The van der Waals surface area contributed by atoms with Gasteiger partial charge in [0, 0.05) is 20.3 Å². The van der Waals surface area contributed by atoms with Crippen molar-refractivity contribution in [3.63, 3.8) is 0 Å². The van der Waals surface area contributed by atoms with Crippen LogP contribution in [0.25, 0.3) is 0 Å². The van der Waals surface area contributed by atoms with E-state index in [9.17, 15) is 9.59 Å². The van der Waals surface area contributed by atoms with E-state index in [-0.39, 0.29) is 28.9 Å². The molecule has 0 saturated heterocycles. The molecule has 6 unspecified atom stereocenters. The molecular formula is C25H35NO4. The van der Waals surface area contributed by atoms with E-state index in [0.29, 0.717) is 17.8 Å². The molecular weight excluding hydrogens is 378 g/mol. The van der Waals surface area contributed by atoms with Crippen molar-refractivity contribution in [1.82, 2.24) is 0 Å². The highest BCUT2D eigenvalue weighted by atomic mass is 16.7. The van der Waals surface area contributed by atoms with Crippen LogP contribution in [0.4, 0.5) is 0 Å². The Morgan fingerprint density at radius 1 is 0.967 bits per heavy atom. The van der Waals surface area contributed by atoms with Gasteiger partial charge in [0.25, 0.3) is 0 Å². The summed E-state index contributed by atoms with van der Waals surface area (Å²) in [6, 6.07) is 0. The number of fused-ring (bicyclic) bond motifs is 5. The normalized spacial score (nSPS) is 40.4. The topological polar surface area (TPSA) is 65.0 Å². The van der Waals surface area contributed by atoms with Gasteiger partial charge in [-0.05, 0) is 79.6 Å². The SMILES string of the molecule is CC(=O)ON=C(C)C1=CCC2C3CC=C4CC(OC(C)=O)CCC4(C)C3CCC12C. The van der Waals surface area contributed by atoms with Gasteiger partial charge in [-0.25, -0.2) is 4.79 Å². The average Bonchev–Trinajstić information content (AvgIpc) is 3.03. The zero-order valence-corrected chi connectivity index (χ0v) is 19.0. The van der Waals surface area contributed by atoms with E-state index in [4.69, 9.17) is 9.57 Å². The third-order valence-corrected chi connectivity index (χ3v) is 8.67. The van der Waals surface area contributed by atoms with Gasteiger partial charge in [0.2, 0.25) is 0 Å². The van der Waals surface area contributed by atoms with Gasteiger partial charge in [-0.2, -0.15) is 0 Å². The predicted molar refractivity (Wildman–Crippen MR) is 116 cm³/mol. The predicted octanol–water partition coefficient (Wildman–Crippen LogP) is 5.36. The standard InChI is InChI=1S/C25H35NO4/c1-15(26-30-17(3)28)21-8-9-22-20-7-6-18-14-19(29-16(2)27)10-12-24(18,4)23(20)11-13-25(21,22)5/h6,8,19-20,22-23H,7,9-14H2,1-5H3. The monoisotopic (exact) mass is 413 g/mol. The summed E-state index contributed by atoms with van der Waals surface area (Å²) < 4.78 is 5.55. The van der Waals surface area contributed by atoms with E-state index < -0.39 is 0 Å². The number of allylic oxidation sites excluding steroid dienone is 3. The highest BCUT2D eigenvalue weighted by molar-refractivity contribution is 5.99. The molecule has 164 valence electrons. The summed E-state index contributed by atoms with van der Waals surface area (Å²) in [5.74, 6) is 1.42. The van der Waals surface area contributed by atoms with Crippen molar-refractivity contribution in [3.05, 3.63) is 23.3 Å². The minimum absolute atomic E-state index is 0.0483. The lowest BCUT2D eigenvalue weighted by Crippen LogP contribution is -2.50. The fraction of sp³-hybridized carbons (Fsp3) is 0.720. The molecule has 4 aliphatic rings. The van der Waals surface area contributed by atoms with Gasteiger partial charge in [0.15, 0.2) is 0 Å². The van der Waals surface area contributed by atoms with Crippen LogP contribution in [0.2, 0.25) is 0 Å². The molecule has 0 aliphatic heterocycles. The molecule has 0 aromatic carbocycles. The first-order chi connectivity index (χ1) is 14.1. The van der Waals surface area contributed by atoms with Crippen LogP contribution in [-0.4, -0.2) is 23.8 Å². The lowest BCUT2D eigenvalue weighted by atomic mass is 9.47. The lowest BCUT2D eigenvalue weighted by molar-refractivity contribution is -0.148. The van der Waals surface area contributed by atoms with Crippen molar-refractivity contribution in [1.29, 1.82) is 0 Å². The highest BCUT2D eigenvalue weighted by Crippen LogP contribution is 2.65. The molecule has 0 aromatic heterocycles. The molecule has 30 heavy (non-hydrogen) atoms. The molecule has 2 fully saturated rings. The van der Waals surface area contributed by atoms with Gasteiger partial charge >= 0.3 is 11.9 Å². The smallest absolute Gasteiger partial charge is 0.331 e. The summed E-state index contributed by atoms with van der Waals surface area (Å²) in [7, 11) is 0. The van der Waals surface area contributed by atoms with Crippen LogP contribution in [0.5, 0.6) is 0 Å². The van der Waals surface area contributed by atoms with Crippen molar-refractivity contribution in [3.8, 4) is 0 Å². The van der Waals surface area contributed by atoms with E-state index in [0.717, 1.165) is 44.2 Å². The van der Waals surface area contributed by atoms with Crippen molar-refractivity contribution >= 4 is 17.7 Å². The number of ether oxygens (including phenoxy) is 1. The number of carbonyl (C=O) groups excluding carboxylic acids is 2. The van der Waals surface area contributed by atoms with Crippen LogP contribution in [0.15, 0.2) is 28.5 Å². The molecule has 4 rings (SSSR count). The Balaban J connectivity index is 1.55. The molecule has 0 radical (unpaired) electrons. The first-order valence-corrected chi connectivity index (χ1v) is 11.4. The second kappa shape index (κ2) is 7.65. The number of rotatable bonds is 3. The van der Waals surface area contributed by atoms with E-state index in [2.05, 4.69) is 31.2 Å². The number of hydrogen-bond donors (Lipinski definition) is 0. The summed E-state index contributed by atoms with van der Waals surface area (Å²) in [6.07, 6.45) is 12.4. The molecule has 5 nitrogen and oxygen atoms in total. The zero-order chi connectivity index (χ0) is 21.7. The molecule has 0 amide bonds. The molecule has 0 N–H and O–H groups in total. The lowest BCUT2D eigenvalue weighted by Gasteiger charge is -2.57. The molecule has 0 bridgehead atoms. The van der Waals surface area contributed by atoms with E-state index in [1.165, 1.54) is 31.4 Å². The van der Waals surface area contributed by atoms with Crippen molar-refractivity contribution in [2.75, 3.05) is 0 Å². The minimum atomic E-state index is -0.374. The van der Waals surface area contributed by atoms with Crippen LogP contribution in [0.1, 0.15) is 79.6 Å². The van der Waals surface area contributed by atoms with E-state index in [1.54, 1.807) is 0 Å². The van der Waals surface area contributed by atoms with Crippen LogP contribution < -0.4 is 0 Å². The van der Waals surface area contributed by atoms with Crippen molar-refractivity contribution in [2.24, 2.45) is 33.7 Å². The Morgan fingerprint density at radius 3 is 2.40 bits per heavy atom. The molecule has 0 aromatic rings. The Labute approximate surface area is 179 Å². The molecule has 6 atom stereocenters. The summed E-state index contributed by atoms with van der Waals surface area (Å²) in [5, 5.41) is 4.10. The number of hydrogen-bond acceptors (Lipinski definition) is 5. The Morgan fingerprint density at radius 2 is 1.70 bits per heavy atom. The fourth-order valence-corrected chi connectivity index (χ4v) is 7.27. The van der Waals surface area contributed by atoms with Gasteiger partial charge in [-0.1, -0.05) is 36.7 Å². The third-order valence-electron chi connectivity index (χ3n) is 8.67. The van der Waals surface area contributed by atoms with Gasteiger partial charge in [0.1, 0.15) is 6.10 Å². The van der Waals surface area contributed by atoms with Crippen LogP contribution in [0, 0.1) is 28.6 Å². The maximum Gasteiger partial charge on any atom is 0.331 e. The third kappa shape index (κ3) is 3.44. The molecule has 0 heterocycles. The quantitative estimate of drug-likeness (QED) is 0.205. The van der Waals surface area contributed by atoms with Crippen molar-refractivity contribution < 1.29 is 19.2 Å². The first kappa shape index (κ1) is 21.3. The Kier molecular flexibility index (Phi) is 5.44. The van der Waals surface area contributed by atoms with E-state index >= 15 is 0 Å². The number of nitrogens with zero attached hydrogens (tertiary/aromatic N) is 1. The molecule has 5 heteroatoms. The minimum Gasteiger partial charge on any atom is -0.462 e.